The van der Waals surface area contributed by atoms with Crippen LogP contribution < -0.4 is 10.6 Å². The molecule has 0 aliphatic rings. The molecule has 5 heteroatoms. The number of anilines is 1. The lowest BCUT2D eigenvalue weighted by Gasteiger charge is -2.19. The van der Waals surface area contributed by atoms with Gasteiger partial charge in [-0.2, -0.15) is 0 Å². The van der Waals surface area contributed by atoms with E-state index in [-0.39, 0.29) is 0 Å². The molecule has 0 aliphatic heterocycles. The maximum absolute atomic E-state index is 11.7. The molecule has 0 fully saturated rings. The van der Waals surface area contributed by atoms with Crippen LogP contribution in [0.5, 0.6) is 0 Å². The van der Waals surface area contributed by atoms with Gasteiger partial charge >= 0.3 is 6.09 Å². The van der Waals surface area contributed by atoms with Crippen LogP contribution >= 0.6 is 0 Å². The van der Waals surface area contributed by atoms with Crippen LogP contribution in [-0.2, 0) is 17.7 Å². The number of hydrogen-bond acceptors (Lipinski definition) is 4. The smallest absolute Gasteiger partial charge is 0.412 e. The van der Waals surface area contributed by atoms with Crippen LogP contribution in [0.4, 0.5) is 10.5 Å². The molecule has 0 bridgehead atoms. The number of benzene rings is 1. The summed E-state index contributed by atoms with van der Waals surface area (Å²) in [4.78, 5) is 15.9. The number of amides is 1. The molecule has 134 valence electrons. The van der Waals surface area contributed by atoms with Gasteiger partial charge in [-0.1, -0.05) is 12.1 Å². The van der Waals surface area contributed by atoms with E-state index in [1.807, 2.05) is 63.5 Å². The molecular weight excluding hydrogens is 314 g/mol. The van der Waals surface area contributed by atoms with Gasteiger partial charge in [0.2, 0.25) is 0 Å². The topological polar surface area (TPSA) is 63.2 Å². The zero-order valence-corrected chi connectivity index (χ0v) is 15.4. The summed E-state index contributed by atoms with van der Waals surface area (Å²) in [7, 11) is 0. The van der Waals surface area contributed by atoms with Crippen LogP contribution in [0.15, 0.2) is 42.7 Å². The van der Waals surface area contributed by atoms with Gasteiger partial charge in [0, 0.05) is 24.6 Å². The number of hydrogen-bond donors (Lipinski definition) is 2. The fourth-order valence-corrected chi connectivity index (χ4v) is 2.31. The summed E-state index contributed by atoms with van der Waals surface area (Å²) < 4.78 is 5.24. The van der Waals surface area contributed by atoms with Crippen molar-refractivity contribution in [3.8, 4) is 0 Å². The zero-order valence-electron chi connectivity index (χ0n) is 15.4. The van der Waals surface area contributed by atoms with Crippen molar-refractivity contribution in [3.63, 3.8) is 0 Å². The number of carbonyl (C=O) groups excluding carboxylic acids is 1. The number of pyridine rings is 1. The Balaban J connectivity index is 1.75. The van der Waals surface area contributed by atoms with Gasteiger partial charge < -0.3 is 10.1 Å². The van der Waals surface area contributed by atoms with E-state index in [4.69, 9.17) is 4.74 Å². The zero-order chi connectivity index (χ0) is 18.3. The minimum absolute atomic E-state index is 0.436. The normalized spacial score (nSPS) is 11.2. The van der Waals surface area contributed by atoms with E-state index in [0.717, 1.165) is 25.2 Å². The summed E-state index contributed by atoms with van der Waals surface area (Å²) >= 11 is 0. The minimum Gasteiger partial charge on any atom is -0.444 e. The molecule has 0 aliphatic carbocycles. The molecule has 0 unspecified atom stereocenters. The standard InChI is InChI=1S/C20H27N3O2/c1-15-9-11-21-13-17(15)14-22-12-10-16-5-7-18(8-6-16)23-19(24)25-20(2,3)4/h5-9,11,13,22H,10,12,14H2,1-4H3,(H,23,24). The van der Waals surface area contributed by atoms with Crippen LogP contribution in [0.2, 0.25) is 0 Å². The molecule has 2 N–H and O–H groups in total. The summed E-state index contributed by atoms with van der Waals surface area (Å²) in [6.45, 7) is 9.32. The Kier molecular flexibility index (Phi) is 6.53. The molecule has 2 rings (SSSR count). The first-order valence-corrected chi connectivity index (χ1v) is 8.53. The van der Waals surface area contributed by atoms with Gasteiger partial charge in [0.25, 0.3) is 0 Å². The lowest BCUT2D eigenvalue weighted by atomic mass is 10.1. The molecule has 1 aromatic heterocycles. The number of carbonyl (C=O) groups is 1. The quantitative estimate of drug-likeness (QED) is 0.778. The van der Waals surface area contributed by atoms with Gasteiger partial charge in [-0.05, 0) is 75.5 Å². The first kappa shape index (κ1) is 18.9. The van der Waals surface area contributed by atoms with Crippen molar-refractivity contribution in [3.05, 3.63) is 59.4 Å². The van der Waals surface area contributed by atoms with Crippen LogP contribution in [0.25, 0.3) is 0 Å². The first-order chi connectivity index (χ1) is 11.8. The average Bonchev–Trinajstić information content (AvgIpc) is 2.53. The summed E-state index contributed by atoms with van der Waals surface area (Å²) in [6, 6.07) is 9.84. The Morgan fingerprint density at radius 1 is 1.16 bits per heavy atom. The molecule has 1 heterocycles. The number of aryl methyl sites for hydroxylation is 1. The van der Waals surface area contributed by atoms with Gasteiger partial charge in [0.15, 0.2) is 0 Å². The second kappa shape index (κ2) is 8.62. The number of ether oxygens (including phenoxy) is 1. The highest BCUT2D eigenvalue weighted by Gasteiger charge is 2.15. The second-order valence-corrected chi connectivity index (χ2v) is 7.05. The minimum atomic E-state index is -0.498. The molecule has 2 aromatic rings. The van der Waals surface area contributed by atoms with Gasteiger partial charge in [-0.25, -0.2) is 4.79 Å². The van der Waals surface area contributed by atoms with Gasteiger partial charge in [-0.15, -0.1) is 0 Å². The second-order valence-electron chi connectivity index (χ2n) is 7.05. The van der Waals surface area contributed by atoms with Crippen molar-refractivity contribution in [2.45, 2.75) is 46.3 Å². The van der Waals surface area contributed by atoms with Crippen molar-refractivity contribution in [1.29, 1.82) is 0 Å². The Morgan fingerprint density at radius 2 is 1.88 bits per heavy atom. The van der Waals surface area contributed by atoms with E-state index < -0.39 is 11.7 Å². The summed E-state index contributed by atoms with van der Waals surface area (Å²) in [5.41, 5.74) is 3.92. The predicted molar refractivity (Wildman–Crippen MR) is 101 cm³/mol. The average molecular weight is 341 g/mol. The summed E-state index contributed by atoms with van der Waals surface area (Å²) in [5.74, 6) is 0. The fourth-order valence-electron chi connectivity index (χ4n) is 2.31. The largest absolute Gasteiger partial charge is 0.444 e. The van der Waals surface area contributed by atoms with Crippen molar-refractivity contribution in [2.24, 2.45) is 0 Å². The maximum atomic E-state index is 11.7. The highest BCUT2D eigenvalue weighted by Crippen LogP contribution is 2.13. The van der Waals surface area contributed by atoms with Gasteiger partial charge in [0.05, 0.1) is 0 Å². The molecule has 0 saturated heterocycles. The van der Waals surface area contributed by atoms with Crippen molar-refractivity contribution >= 4 is 11.8 Å². The summed E-state index contributed by atoms with van der Waals surface area (Å²) in [6.07, 6.45) is 4.20. The highest BCUT2D eigenvalue weighted by atomic mass is 16.6. The van der Waals surface area contributed by atoms with E-state index >= 15 is 0 Å². The molecule has 1 amide bonds. The van der Waals surface area contributed by atoms with E-state index in [1.54, 1.807) is 0 Å². The number of aromatic nitrogens is 1. The molecule has 1 aromatic carbocycles. The third kappa shape index (κ3) is 6.93. The number of nitrogens with zero attached hydrogens (tertiary/aromatic N) is 1. The molecular formula is C20H27N3O2. The van der Waals surface area contributed by atoms with Crippen LogP contribution in [0, 0.1) is 6.92 Å². The molecule has 25 heavy (non-hydrogen) atoms. The highest BCUT2D eigenvalue weighted by molar-refractivity contribution is 5.84. The van der Waals surface area contributed by atoms with E-state index in [1.165, 1.54) is 16.7 Å². The lowest BCUT2D eigenvalue weighted by Crippen LogP contribution is -2.27. The van der Waals surface area contributed by atoms with Crippen molar-refractivity contribution in [2.75, 3.05) is 11.9 Å². The SMILES string of the molecule is Cc1ccncc1CNCCc1ccc(NC(=O)OC(C)(C)C)cc1. The monoisotopic (exact) mass is 341 g/mol. The number of rotatable bonds is 6. The molecule has 0 atom stereocenters. The van der Waals surface area contributed by atoms with Gasteiger partial charge in [0.1, 0.15) is 5.60 Å². The third-order valence-corrected chi connectivity index (χ3v) is 3.65. The van der Waals surface area contributed by atoms with Crippen LogP contribution in [0.3, 0.4) is 0 Å². The Morgan fingerprint density at radius 3 is 2.52 bits per heavy atom. The Hall–Kier alpha value is -2.40. The van der Waals surface area contributed by atoms with Gasteiger partial charge in [-0.3, -0.25) is 10.3 Å². The Labute approximate surface area is 149 Å². The molecule has 0 spiro atoms. The molecule has 0 saturated carbocycles. The molecule has 0 radical (unpaired) electrons. The fraction of sp³-hybridized carbons (Fsp3) is 0.400. The van der Waals surface area contributed by atoms with Crippen molar-refractivity contribution < 1.29 is 9.53 Å². The molecule has 5 nitrogen and oxygen atoms in total. The predicted octanol–water partition coefficient (Wildman–Crippen LogP) is 4.07. The van der Waals surface area contributed by atoms with E-state index in [9.17, 15) is 4.79 Å². The lowest BCUT2D eigenvalue weighted by molar-refractivity contribution is 0.0636. The van der Waals surface area contributed by atoms with Crippen LogP contribution in [-0.4, -0.2) is 23.2 Å². The maximum Gasteiger partial charge on any atom is 0.412 e. The first-order valence-electron chi connectivity index (χ1n) is 8.53. The van der Waals surface area contributed by atoms with Crippen LogP contribution in [0.1, 0.15) is 37.5 Å². The Bertz CT molecular complexity index is 691. The number of nitrogens with one attached hydrogen (secondary N) is 2. The van der Waals surface area contributed by atoms with Crippen molar-refractivity contribution in [1.82, 2.24) is 10.3 Å². The van der Waals surface area contributed by atoms with E-state index in [2.05, 4.69) is 22.5 Å². The van der Waals surface area contributed by atoms with E-state index in [0.29, 0.717) is 0 Å². The summed E-state index contributed by atoms with van der Waals surface area (Å²) in [5, 5.41) is 6.17. The third-order valence-electron chi connectivity index (χ3n) is 3.65.